The number of hydrogen-bond donors (Lipinski definition) is 1. The maximum atomic E-state index is 11.9. The second-order valence-corrected chi connectivity index (χ2v) is 11.8. The zero-order valence-electron chi connectivity index (χ0n) is 23.4. The Balaban J connectivity index is 1.35. The van der Waals surface area contributed by atoms with Crippen LogP contribution in [0.2, 0.25) is 0 Å². The molecule has 1 aromatic heterocycles. The van der Waals surface area contributed by atoms with Crippen LogP contribution in [0.25, 0.3) is 22.2 Å². The zero-order chi connectivity index (χ0) is 26.8. The van der Waals surface area contributed by atoms with E-state index in [0.717, 1.165) is 51.5 Å². The van der Waals surface area contributed by atoms with Crippen molar-refractivity contribution in [2.24, 2.45) is 5.92 Å². The van der Waals surface area contributed by atoms with Crippen LogP contribution < -0.4 is 4.90 Å². The molecule has 0 radical (unpaired) electrons. The van der Waals surface area contributed by atoms with Gasteiger partial charge in [-0.1, -0.05) is 43.5 Å². The number of benzene rings is 2. The predicted octanol–water partition coefficient (Wildman–Crippen LogP) is 6.62. The van der Waals surface area contributed by atoms with Crippen LogP contribution in [0.3, 0.4) is 0 Å². The van der Waals surface area contributed by atoms with E-state index in [1.165, 1.54) is 79.4 Å². The average molecular weight is 530 g/mol. The molecule has 1 saturated heterocycles. The van der Waals surface area contributed by atoms with Crippen molar-refractivity contribution >= 4 is 22.6 Å². The van der Waals surface area contributed by atoms with Crippen molar-refractivity contribution in [1.82, 2.24) is 9.47 Å². The molecule has 208 valence electrons. The van der Waals surface area contributed by atoms with Crippen LogP contribution in [0.1, 0.15) is 73.7 Å². The highest BCUT2D eigenvalue weighted by Gasteiger charge is 2.31. The number of carbonyl (C=O) groups is 1. The maximum Gasteiger partial charge on any atom is 0.335 e. The minimum Gasteiger partial charge on any atom is -0.478 e. The monoisotopic (exact) mass is 529 g/mol. The number of hydrogen-bond acceptors (Lipinski definition) is 4. The van der Waals surface area contributed by atoms with Gasteiger partial charge in [-0.25, -0.2) is 4.79 Å². The molecule has 6 rings (SSSR count). The number of fused-ring (bicyclic) bond motifs is 5. The van der Waals surface area contributed by atoms with Gasteiger partial charge in [0, 0.05) is 61.5 Å². The zero-order valence-corrected chi connectivity index (χ0v) is 23.4. The number of likely N-dealkylation sites (tertiary alicyclic amines) is 1. The summed E-state index contributed by atoms with van der Waals surface area (Å²) in [6.45, 7) is 9.91. The Morgan fingerprint density at radius 3 is 2.64 bits per heavy atom. The molecule has 39 heavy (non-hydrogen) atoms. The highest BCUT2D eigenvalue weighted by atomic mass is 16.5. The van der Waals surface area contributed by atoms with Crippen molar-refractivity contribution in [1.29, 1.82) is 0 Å². The predicted molar refractivity (Wildman–Crippen MR) is 158 cm³/mol. The summed E-state index contributed by atoms with van der Waals surface area (Å²) in [7, 11) is 0. The van der Waals surface area contributed by atoms with Gasteiger partial charge in [-0.15, -0.1) is 0 Å². The van der Waals surface area contributed by atoms with Gasteiger partial charge in [0.05, 0.1) is 17.9 Å². The minimum atomic E-state index is -0.855. The first-order valence-electron chi connectivity index (χ1n) is 15.2. The summed E-state index contributed by atoms with van der Waals surface area (Å²) in [6.07, 6.45) is 8.83. The first-order chi connectivity index (χ1) is 19.1. The third-order valence-electron chi connectivity index (χ3n) is 9.30. The van der Waals surface area contributed by atoms with E-state index in [9.17, 15) is 9.90 Å². The smallest absolute Gasteiger partial charge is 0.335 e. The number of carboxylic acids is 1. The largest absolute Gasteiger partial charge is 0.478 e. The molecule has 0 amide bonds. The minimum absolute atomic E-state index is 0.374. The summed E-state index contributed by atoms with van der Waals surface area (Å²) < 4.78 is 8.20. The number of ether oxygens (including phenoxy) is 1. The second kappa shape index (κ2) is 11.7. The van der Waals surface area contributed by atoms with E-state index < -0.39 is 5.97 Å². The lowest BCUT2D eigenvalue weighted by atomic mass is 9.81. The van der Waals surface area contributed by atoms with Gasteiger partial charge in [0.15, 0.2) is 0 Å². The SMILES string of the molecule is CCOCC1CCCN(CCN2CCn3c(c(C4CCCCC4)c4ccc(C(=O)O)cc43)-c3ccccc32)C1. The lowest BCUT2D eigenvalue weighted by Crippen LogP contribution is -2.42. The number of anilines is 1. The molecular weight excluding hydrogens is 486 g/mol. The van der Waals surface area contributed by atoms with Crippen LogP contribution in [0.5, 0.6) is 0 Å². The molecule has 6 heteroatoms. The molecule has 1 aliphatic carbocycles. The molecule has 0 bridgehead atoms. The average Bonchev–Trinajstić information content (AvgIpc) is 3.20. The standard InChI is InChI=1S/C33H43N3O3/c1-2-39-23-24-9-8-16-34(22-24)17-18-35-19-20-36-30-21-26(33(37)38)14-15-27(30)31(25-10-4-3-5-11-25)32(36)28-12-6-7-13-29(28)35/h6-7,12-15,21,24-25H,2-5,8-11,16-20,22-23H2,1H3,(H,37,38). The topological polar surface area (TPSA) is 57.9 Å². The molecule has 1 unspecified atom stereocenters. The molecule has 1 atom stereocenters. The van der Waals surface area contributed by atoms with Crippen LogP contribution in [0.15, 0.2) is 42.5 Å². The van der Waals surface area contributed by atoms with E-state index >= 15 is 0 Å². The van der Waals surface area contributed by atoms with E-state index in [1.54, 1.807) is 6.07 Å². The van der Waals surface area contributed by atoms with Crippen molar-refractivity contribution in [3.05, 3.63) is 53.6 Å². The third kappa shape index (κ3) is 5.33. The molecule has 2 aliphatic heterocycles. The van der Waals surface area contributed by atoms with E-state index in [4.69, 9.17) is 4.74 Å². The Labute approximate surface area is 232 Å². The Bertz CT molecular complexity index is 1310. The van der Waals surface area contributed by atoms with Crippen molar-refractivity contribution < 1.29 is 14.6 Å². The summed E-state index contributed by atoms with van der Waals surface area (Å²) in [5.74, 6) is 0.318. The van der Waals surface area contributed by atoms with Gasteiger partial charge >= 0.3 is 5.97 Å². The van der Waals surface area contributed by atoms with Gasteiger partial charge in [-0.05, 0) is 74.8 Å². The Morgan fingerprint density at radius 2 is 1.82 bits per heavy atom. The summed E-state index contributed by atoms with van der Waals surface area (Å²) >= 11 is 0. The fraction of sp³-hybridized carbons (Fsp3) is 0.545. The van der Waals surface area contributed by atoms with Gasteiger partial charge in [-0.3, -0.25) is 0 Å². The second-order valence-electron chi connectivity index (χ2n) is 11.8. The maximum absolute atomic E-state index is 11.9. The lowest BCUT2D eigenvalue weighted by molar-refractivity contribution is 0.0680. The van der Waals surface area contributed by atoms with E-state index in [-0.39, 0.29) is 0 Å². The van der Waals surface area contributed by atoms with Crippen LogP contribution >= 0.6 is 0 Å². The highest BCUT2D eigenvalue weighted by molar-refractivity contribution is 5.99. The molecule has 6 nitrogen and oxygen atoms in total. The molecule has 2 fully saturated rings. The van der Waals surface area contributed by atoms with Crippen molar-refractivity contribution in [3.8, 4) is 11.3 Å². The van der Waals surface area contributed by atoms with E-state index in [1.807, 2.05) is 6.07 Å². The molecule has 1 N–H and O–H groups in total. The molecule has 3 aromatic rings. The van der Waals surface area contributed by atoms with Crippen molar-refractivity contribution in [2.45, 2.75) is 64.3 Å². The van der Waals surface area contributed by atoms with Crippen LogP contribution in [0, 0.1) is 5.92 Å². The van der Waals surface area contributed by atoms with E-state index in [2.05, 4.69) is 51.6 Å². The summed E-state index contributed by atoms with van der Waals surface area (Å²) in [6, 6.07) is 14.7. The number of nitrogens with zero attached hydrogens (tertiary/aromatic N) is 3. The van der Waals surface area contributed by atoms with Crippen molar-refractivity contribution in [2.75, 3.05) is 50.8 Å². The van der Waals surface area contributed by atoms with Gasteiger partial charge in [0.1, 0.15) is 0 Å². The quantitative estimate of drug-likeness (QED) is 0.355. The normalized spacial score (nSPS) is 20.5. The van der Waals surface area contributed by atoms with Gasteiger partial charge < -0.3 is 24.2 Å². The van der Waals surface area contributed by atoms with Gasteiger partial charge in [0.25, 0.3) is 0 Å². The Morgan fingerprint density at radius 1 is 0.974 bits per heavy atom. The molecular formula is C33H43N3O3. The van der Waals surface area contributed by atoms with Gasteiger partial charge in [-0.2, -0.15) is 0 Å². The number of aromatic carboxylic acids is 1. The van der Waals surface area contributed by atoms with Crippen molar-refractivity contribution in [3.63, 3.8) is 0 Å². The van der Waals surface area contributed by atoms with Crippen LogP contribution in [-0.4, -0.2) is 66.5 Å². The molecule has 3 aliphatic rings. The molecule has 3 heterocycles. The molecule has 2 aromatic carbocycles. The number of piperidine rings is 1. The molecule has 0 spiro atoms. The summed E-state index contributed by atoms with van der Waals surface area (Å²) in [5.41, 5.74) is 6.85. The highest BCUT2D eigenvalue weighted by Crippen LogP contribution is 2.47. The first-order valence-corrected chi connectivity index (χ1v) is 15.2. The Kier molecular flexibility index (Phi) is 7.94. The lowest BCUT2D eigenvalue weighted by Gasteiger charge is -2.34. The van der Waals surface area contributed by atoms with E-state index in [0.29, 0.717) is 17.4 Å². The number of rotatable bonds is 8. The van der Waals surface area contributed by atoms with Crippen LogP contribution in [-0.2, 0) is 11.3 Å². The summed E-state index contributed by atoms with van der Waals surface area (Å²) in [4.78, 5) is 17.1. The fourth-order valence-corrected chi connectivity index (χ4v) is 7.40. The third-order valence-corrected chi connectivity index (χ3v) is 9.30. The summed E-state index contributed by atoms with van der Waals surface area (Å²) in [5, 5.41) is 11.0. The Hall–Kier alpha value is -2.83. The number of aromatic nitrogens is 1. The van der Waals surface area contributed by atoms with Gasteiger partial charge in [0.2, 0.25) is 0 Å². The fourth-order valence-electron chi connectivity index (χ4n) is 7.40. The van der Waals surface area contributed by atoms with Crippen LogP contribution in [0.4, 0.5) is 5.69 Å². The number of para-hydroxylation sites is 1. The first kappa shape index (κ1) is 26.4. The molecule has 1 saturated carbocycles. The number of carboxylic acid groups (broad SMARTS) is 1.